The SMILES string of the molecule is CSc1ccc2ncn(/C=C/C(=O)[O-])c(=O)c2c1.[Na+]. The van der Waals surface area contributed by atoms with Crippen LogP contribution in [0.25, 0.3) is 17.1 Å². The summed E-state index contributed by atoms with van der Waals surface area (Å²) in [5.41, 5.74) is 0.268. The minimum Gasteiger partial charge on any atom is -0.545 e. The number of benzene rings is 1. The zero-order valence-electron chi connectivity index (χ0n) is 10.5. The van der Waals surface area contributed by atoms with E-state index in [9.17, 15) is 14.7 Å². The van der Waals surface area contributed by atoms with Crippen LogP contribution >= 0.6 is 11.8 Å². The number of carbonyl (C=O) groups excluding carboxylic acids is 1. The summed E-state index contributed by atoms with van der Waals surface area (Å²) in [6.07, 6.45) is 5.10. The smallest absolute Gasteiger partial charge is 0.545 e. The molecule has 0 saturated heterocycles. The van der Waals surface area contributed by atoms with Crippen molar-refractivity contribution >= 4 is 34.8 Å². The largest absolute Gasteiger partial charge is 1.00 e. The molecule has 0 unspecified atom stereocenters. The molecule has 1 heterocycles. The molecule has 0 amide bonds. The molecule has 7 heteroatoms. The number of aliphatic carboxylic acids is 1. The molecule has 0 aliphatic carbocycles. The molecule has 2 aromatic rings. The fourth-order valence-electron chi connectivity index (χ4n) is 1.49. The minimum atomic E-state index is -1.36. The first kappa shape index (κ1) is 16.0. The number of fused-ring (bicyclic) bond motifs is 1. The molecule has 0 atom stereocenters. The predicted molar refractivity (Wildman–Crippen MR) is 68.1 cm³/mol. The van der Waals surface area contributed by atoms with E-state index in [0.29, 0.717) is 10.9 Å². The van der Waals surface area contributed by atoms with E-state index in [0.717, 1.165) is 21.7 Å². The Balaban J connectivity index is 0.00000180. The third-order valence-electron chi connectivity index (χ3n) is 2.36. The molecule has 0 aliphatic rings. The minimum absolute atomic E-state index is 0. The van der Waals surface area contributed by atoms with Gasteiger partial charge in [-0.2, -0.15) is 0 Å². The maximum absolute atomic E-state index is 12.1. The van der Waals surface area contributed by atoms with Gasteiger partial charge in [-0.25, -0.2) is 4.98 Å². The molecule has 0 saturated carbocycles. The van der Waals surface area contributed by atoms with Crippen molar-refractivity contribution in [3.05, 3.63) is 41.0 Å². The molecule has 1 aromatic heterocycles. The van der Waals surface area contributed by atoms with Crippen LogP contribution in [0.5, 0.6) is 0 Å². The molecule has 0 N–H and O–H groups in total. The van der Waals surface area contributed by atoms with Crippen molar-refractivity contribution in [1.29, 1.82) is 0 Å². The molecule has 2 rings (SSSR count). The number of carbonyl (C=O) groups is 1. The fraction of sp³-hybridized carbons (Fsp3) is 0.0833. The molecular weight excluding hydrogens is 275 g/mol. The van der Waals surface area contributed by atoms with Gasteiger partial charge >= 0.3 is 29.6 Å². The Kier molecular flexibility index (Phi) is 5.81. The summed E-state index contributed by atoms with van der Waals surface area (Å²) < 4.78 is 1.11. The van der Waals surface area contributed by atoms with Crippen LogP contribution in [0.1, 0.15) is 0 Å². The number of nitrogens with zero attached hydrogens (tertiary/aromatic N) is 2. The van der Waals surface area contributed by atoms with E-state index in [2.05, 4.69) is 4.98 Å². The number of carboxylic acids is 1. The average molecular weight is 284 g/mol. The van der Waals surface area contributed by atoms with Gasteiger partial charge in [-0.15, -0.1) is 11.8 Å². The first-order chi connectivity index (χ1) is 8.61. The molecule has 0 fully saturated rings. The van der Waals surface area contributed by atoms with Crippen molar-refractivity contribution in [3.63, 3.8) is 0 Å². The topological polar surface area (TPSA) is 75.0 Å². The predicted octanol–water partition coefficient (Wildman–Crippen LogP) is -2.66. The van der Waals surface area contributed by atoms with Gasteiger partial charge in [-0.3, -0.25) is 9.36 Å². The van der Waals surface area contributed by atoms with Crippen LogP contribution < -0.4 is 40.2 Å². The second-order valence-corrected chi connectivity index (χ2v) is 4.35. The van der Waals surface area contributed by atoms with Gasteiger partial charge < -0.3 is 9.90 Å². The van der Waals surface area contributed by atoms with Gasteiger partial charge in [-0.05, 0) is 30.5 Å². The quantitative estimate of drug-likeness (QED) is 0.349. The summed E-state index contributed by atoms with van der Waals surface area (Å²) in [6, 6.07) is 5.37. The summed E-state index contributed by atoms with van der Waals surface area (Å²) in [4.78, 5) is 27.4. The molecular formula is C12H9N2NaO3S. The van der Waals surface area contributed by atoms with Crippen LogP contribution in [0.3, 0.4) is 0 Å². The fourth-order valence-corrected chi connectivity index (χ4v) is 1.93. The van der Waals surface area contributed by atoms with Gasteiger partial charge in [0.2, 0.25) is 0 Å². The Morgan fingerprint density at radius 1 is 1.47 bits per heavy atom. The molecule has 5 nitrogen and oxygen atoms in total. The van der Waals surface area contributed by atoms with E-state index in [-0.39, 0.29) is 35.1 Å². The van der Waals surface area contributed by atoms with Gasteiger partial charge in [-0.1, -0.05) is 0 Å². The number of carboxylic acid groups (broad SMARTS) is 1. The van der Waals surface area contributed by atoms with Crippen molar-refractivity contribution in [2.24, 2.45) is 0 Å². The molecule has 0 aliphatic heterocycles. The third-order valence-corrected chi connectivity index (χ3v) is 3.09. The zero-order chi connectivity index (χ0) is 13.1. The van der Waals surface area contributed by atoms with Gasteiger partial charge in [0.25, 0.3) is 5.56 Å². The zero-order valence-corrected chi connectivity index (χ0v) is 13.3. The number of aromatic nitrogens is 2. The van der Waals surface area contributed by atoms with Crippen LogP contribution in [-0.4, -0.2) is 21.8 Å². The van der Waals surface area contributed by atoms with Crippen molar-refractivity contribution < 1.29 is 39.5 Å². The number of thioether (sulfide) groups is 1. The Morgan fingerprint density at radius 2 is 2.21 bits per heavy atom. The van der Waals surface area contributed by atoms with Gasteiger partial charge in [0.1, 0.15) is 6.33 Å². The van der Waals surface area contributed by atoms with Crippen molar-refractivity contribution in [1.82, 2.24) is 9.55 Å². The van der Waals surface area contributed by atoms with Crippen LogP contribution in [0.15, 0.2) is 40.3 Å². The van der Waals surface area contributed by atoms with E-state index in [1.807, 2.05) is 12.3 Å². The van der Waals surface area contributed by atoms with Crippen LogP contribution in [0.4, 0.5) is 0 Å². The summed E-state index contributed by atoms with van der Waals surface area (Å²) >= 11 is 1.52. The second kappa shape index (κ2) is 6.91. The molecule has 19 heavy (non-hydrogen) atoms. The molecule has 92 valence electrons. The molecule has 0 spiro atoms. The van der Waals surface area contributed by atoms with Crippen LogP contribution in [-0.2, 0) is 4.79 Å². The summed E-state index contributed by atoms with van der Waals surface area (Å²) in [7, 11) is 0. The normalized spacial score (nSPS) is 10.6. The van der Waals surface area contributed by atoms with E-state index in [1.54, 1.807) is 12.1 Å². The summed E-state index contributed by atoms with van der Waals surface area (Å²) in [5.74, 6) is -1.36. The standard InChI is InChI=1S/C12H10N2O3S.Na/c1-18-8-2-3-10-9(6-8)12(17)14(7-13-10)5-4-11(15)16;/h2-7H,1H3,(H,15,16);/q;+1/p-1/b5-4+;. The Hall–Kier alpha value is -1.08. The van der Waals surface area contributed by atoms with E-state index < -0.39 is 5.97 Å². The molecule has 0 radical (unpaired) electrons. The first-order valence-corrected chi connectivity index (χ1v) is 6.28. The van der Waals surface area contributed by atoms with Gasteiger partial charge in [0.15, 0.2) is 0 Å². The Labute approximate surface area is 135 Å². The first-order valence-electron chi connectivity index (χ1n) is 5.06. The molecule has 1 aromatic carbocycles. The summed E-state index contributed by atoms with van der Waals surface area (Å²) in [5, 5.41) is 10.8. The third kappa shape index (κ3) is 3.70. The van der Waals surface area contributed by atoms with Crippen molar-refractivity contribution in [3.8, 4) is 0 Å². The van der Waals surface area contributed by atoms with Gasteiger partial charge in [0.05, 0.1) is 16.9 Å². The van der Waals surface area contributed by atoms with Gasteiger partial charge in [0, 0.05) is 11.1 Å². The Morgan fingerprint density at radius 3 is 2.84 bits per heavy atom. The summed E-state index contributed by atoms with van der Waals surface area (Å²) in [6.45, 7) is 0. The maximum Gasteiger partial charge on any atom is 1.00 e. The van der Waals surface area contributed by atoms with Crippen molar-refractivity contribution in [2.45, 2.75) is 4.90 Å². The van der Waals surface area contributed by atoms with Crippen LogP contribution in [0, 0.1) is 0 Å². The maximum atomic E-state index is 12.1. The van der Waals surface area contributed by atoms with Crippen LogP contribution in [0.2, 0.25) is 0 Å². The number of hydrogen-bond acceptors (Lipinski definition) is 5. The number of hydrogen-bond donors (Lipinski definition) is 0. The van der Waals surface area contributed by atoms with E-state index in [1.165, 1.54) is 18.1 Å². The number of rotatable bonds is 3. The second-order valence-electron chi connectivity index (χ2n) is 3.47. The Bertz CT molecular complexity index is 697. The van der Waals surface area contributed by atoms with Crippen molar-refractivity contribution in [2.75, 3.05) is 6.26 Å². The van der Waals surface area contributed by atoms with E-state index >= 15 is 0 Å². The monoisotopic (exact) mass is 284 g/mol. The molecule has 0 bridgehead atoms. The van der Waals surface area contributed by atoms with E-state index in [4.69, 9.17) is 0 Å². The average Bonchev–Trinajstić information content (AvgIpc) is 2.37.